The Balaban J connectivity index is 0.00000144. The van der Waals surface area contributed by atoms with Gasteiger partial charge in [0.25, 0.3) is 0 Å². The summed E-state index contributed by atoms with van der Waals surface area (Å²) in [6.07, 6.45) is 0. The van der Waals surface area contributed by atoms with Crippen molar-refractivity contribution in [2.75, 3.05) is 20.8 Å². The minimum Gasteiger partial charge on any atom is -1.00 e. The summed E-state index contributed by atoms with van der Waals surface area (Å²) >= 11 is 0. The van der Waals surface area contributed by atoms with Crippen molar-refractivity contribution in [2.24, 2.45) is 0 Å². The molecule has 74 valence electrons. The fraction of sp³-hybridized carbons (Fsp3) is 0.400. The average molecular weight is 246 g/mol. The van der Waals surface area contributed by atoms with E-state index in [2.05, 4.69) is 12.1 Å². The first-order chi connectivity index (χ1) is 5.64. The summed E-state index contributed by atoms with van der Waals surface area (Å²) in [5.41, 5.74) is 1.26. The molecule has 0 heterocycles. The van der Waals surface area contributed by atoms with Gasteiger partial charge in [0.05, 0.1) is 14.1 Å². The highest BCUT2D eigenvalue weighted by Crippen LogP contribution is 2.06. The van der Waals surface area contributed by atoms with Crippen LogP contribution in [0.1, 0.15) is 5.56 Å². The molecule has 13 heavy (non-hydrogen) atoms. The molecule has 1 aromatic carbocycles. The molecule has 0 aliphatic carbocycles. The Morgan fingerprint density at radius 3 is 2.15 bits per heavy atom. The van der Waals surface area contributed by atoms with Crippen LogP contribution in [0.3, 0.4) is 0 Å². The van der Waals surface area contributed by atoms with Crippen molar-refractivity contribution in [2.45, 2.75) is 6.54 Å². The van der Waals surface area contributed by atoms with Crippen LogP contribution in [0.25, 0.3) is 0 Å². The molecule has 0 radical (unpaired) electrons. The summed E-state index contributed by atoms with van der Waals surface area (Å²) < 4.78 is 0.615. The van der Waals surface area contributed by atoms with Gasteiger partial charge in [-0.3, -0.25) is 0 Å². The van der Waals surface area contributed by atoms with Crippen LogP contribution in [-0.4, -0.2) is 30.4 Å². The van der Waals surface area contributed by atoms with E-state index in [0.29, 0.717) is 4.48 Å². The smallest absolute Gasteiger partial charge is 0.180 e. The number of hydrogen-bond acceptors (Lipinski definition) is 1. The Morgan fingerprint density at radius 1 is 1.15 bits per heavy atom. The molecule has 0 amide bonds. The second-order valence-electron chi connectivity index (χ2n) is 3.72. The van der Waals surface area contributed by atoms with Gasteiger partial charge in [-0.2, -0.15) is 0 Å². The first-order valence-electron chi connectivity index (χ1n) is 4.11. The average Bonchev–Trinajstić information content (AvgIpc) is 2.06. The molecular formula is C10H16BrNO. The van der Waals surface area contributed by atoms with Crippen molar-refractivity contribution in [3.63, 3.8) is 0 Å². The summed E-state index contributed by atoms with van der Waals surface area (Å²) in [5.74, 6) is 0. The molecule has 1 N–H and O–H groups in total. The van der Waals surface area contributed by atoms with E-state index in [9.17, 15) is 0 Å². The number of aliphatic hydroxyl groups is 1. The maximum atomic E-state index is 9.03. The van der Waals surface area contributed by atoms with Gasteiger partial charge in [0.2, 0.25) is 0 Å². The summed E-state index contributed by atoms with van der Waals surface area (Å²) in [6, 6.07) is 10.2. The first kappa shape index (κ1) is 12.6. The zero-order valence-electron chi connectivity index (χ0n) is 8.07. The van der Waals surface area contributed by atoms with E-state index in [-0.39, 0.29) is 23.7 Å². The molecule has 0 aromatic heterocycles. The molecule has 0 saturated heterocycles. The normalized spacial score (nSPS) is 10.7. The molecule has 1 aromatic rings. The van der Waals surface area contributed by atoms with Crippen LogP contribution in [-0.2, 0) is 6.54 Å². The largest absolute Gasteiger partial charge is 1.00 e. The van der Waals surface area contributed by atoms with Gasteiger partial charge in [-0.05, 0) is 0 Å². The number of rotatable bonds is 3. The van der Waals surface area contributed by atoms with Crippen LogP contribution in [0.4, 0.5) is 0 Å². The van der Waals surface area contributed by atoms with Gasteiger partial charge in [-0.15, -0.1) is 0 Å². The number of quaternary nitrogens is 1. The minimum atomic E-state index is 0. The highest BCUT2D eigenvalue weighted by molar-refractivity contribution is 5.13. The van der Waals surface area contributed by atoms with Crippen LogP contribution >= 0.6 is 0 Å². The third-order valence-corrected chi connectivity index (χ3v) is 1.84. The lowest BCUT2D eigenvalue weighted by Crippen LogP contribution is -3.00. The summed E-state index contributed by atoms with van der Waals surface area (Å²) in [7, 11) is 4.01. The third kappa shape index (κ3) is 4.41. The number of nitrogens with zero attached hydrogens (tertiary/aromatic N) is 1. The standard InChI is InChI=1S/C10H16NO.BrH/c1-11(2,9-12)8-10-6-4-3-5-7-10;/h3-7,12H,8-9H2,1-2H3;1H/q+1;/p-1. The van der Waals surface area contributed by atoms with Crippen molar-refractivity contribution in [1.29, 1.82) is 0 Å². The number of hydrogen-bond donors (Lipinski definition) is 1. The quantitative estimate of drug-likeness (QED) is 0.494. The lowest BCUT2D eigenvalue weighted by atomic mass is 10.2. The Labute approximate surface area is 90.2 Å². The topological polar surface area (TPSA) is 20.2 Å². The van der Waals surface area contributed by atoms with Crippen LogP contribution in [0.15, 0.2) is 30.3 Å². The Kier molecular flexibility index (Phi) is 5.21. The molecule has 3 heteroatoms. The summed E-state index contributed by atoms with van der Waals surface area (Å²) in [6.45, 7) is 1.05. The number of halogens is 1. The molecule has 0 atom stereocenters. The molecule has 0 bridgehead atoms. The molecule has 0 aliphatic rings. The van der Waals surface area contributed by atoms with Crippen LogP contribution < -0.4 is 17.0 Å². The van der Waals surface area contributed by atoms with Crippen molar-refractivity contribution in [3.8, 4) is 0 Å². The second-order valence-corrected chi connectivity index (χ2v) is 3.72. The van der Waals surface area contributed by atoms with E-state index in [1.54, 1.807) is 0 Å². The fourth-order valence-corrected chi connectivity index (χ4v) is 1.13. The monoisotopic (exact) mass is 245 g/mol. The maximum Gasteiger partial charge on any atom is 0.180 e. The zero-order chi connectivity index (χ0) is 9.03. The van der Waals surface area contributed by atoms with E-state index in [1.165, 1.54) is 5.56 Å². The Morgan fingerprint density at radius 2 is 1.69 bits per heavy atom. The van der Waals surface area contributed by atoms with Gasteiger partial charge < -0.3 is 26.6 Å². The van der Waals surface area contributed by atoms with Crippen molar-refractivity contribution >= 4 is 0 Å². The third-order valence-electron chi connectivity index (χ3n) is 1.84. The van der Waals surface area contributed by atoms with Gasteiger partial charge >= 0.3 is 0 Å². The van der Waals surface area contributed by atoms with Gasteiger partial charge in [0, 0.05) is 5.56 Å². The number of aliphatic hydroxyl groups excluding tert-OH is 1. The molecule has 0 aliphatic heterocycles. The second kappa shape index (κ2) is 5.37. The molecule has 0 unspecified atom stereocenters. The Bertz CT molecular complexity index is 236. The Hall–Kier alpha value is -0.380. The van der Waals surface area contributed by atoms with Gasteiger partial charge in [-0.1, -0.05) is 30.3 Å². The van der Waals surface area contributed by atoms with Crippen LogP contribution in [0.2, 0.25) is 0 Å². The van der Waals surface area contributed by atoms with Gasteiger partial charge in [0.15, 0.2) is 6.73 Å². The summed E-state index contributed by atoms with van der Waals surface area (Å²) in [5, 5.41) is 9.03. The maximum absolute atomic E-state index is 9.03. The number of benzene rings is 1. The highest BCUT2D eigenvalue weighted by atomic mass is 79.9. The van der Waals surface area contributed by atoms with E-state index < -0.39 is 0 Å². The van der Waals surface area contributed by atoms with E-state index >= 15 is 0 Å². The van der Waals surface area contributed by atoms with E-state index in [1.807, 2.05) is 32.3 Å². The van der Waals surface area contributed by atoms with Gasteiger partial charge in [0.1, 0.15) is 6.54 Å². The molecule has 0 saturated carbocycles. The van der Waals surface area contributed by atoms with E-state index in [0.717, 1.165) is 6.54 Å². The molecular weight excluding hydrogens is 230 g/mol. The lowest BCUT2D eigenvalue weighted by Gasteiger charge is -2.26. The van der Waals surface area contributed by atoms with Crippen LogP contribution in [0, 0.1) is 0 Å². The van der Waals surface area contributed by atoms with Crippen molar-refractivity contribution in [1.82, 2.24) is 0 Å². The molecule has 0 spiro atoms. The zero-order valence-corrected chi connectivity index (χ0v) is 9.66. The summed E-state index contributed by atoms with van der Waals surface area (Å²) in [4.78, 5) is 0. The predicted octanol–water partition coefficient (Wildman–Crippen LogP) is -1.78. The molecule has 1 rings (SSSR count). The minimum absolute atomic E-state index is 0. The SMILES string of the molecule is C[N+](C)(CO)Cc1ccccc1.[Br-]. The lowest BCUT2D eigenvalue weighted by molar-refractivity contribution is -0.921. The van der Waals surface area contributed by atoms with E-state index in [4.69, 9.17) is 5.11 Å². The molecule has 2 nitrogen and oxygen atoms in total. The fourth-order valence-electron chi connectivity index (χ4n) is 1.13. The van der Waals surface area contributed by atoms with Crippen molar-refractivity contribution in [3.05, 3.63) is 35.9 Å². The van der Waals surface area contributed by atoms with Crippen LogP contribution in [0.5, 0.6) is 0 Å². The first-order valence-corrected chi connectivity index (χ1v) is 4.11. The van der Waals surface area contributed by atoms with Gasteiger partial charge in [-0.25, -0.2) is 0 Å². The van der Waals surface area contributed by atoms with Crippen molar-refractivity contribution < 1.29 is 26.6 Å². The highest BCUT2D eigenvalue weighted by Gasteiger charge is 2.12. The molecule has 0 fully saturated rings. The predicted molar refractivity (Wildman–Crippen MR) is 49.3 cm³/mol.